The molecule has 0 heterocycles. The Hall–Kier alpha value is -1.98. The summed E-state index contributed by atoms with van der Waals surface area (Å²) in [5, 5.41) is 17.8. The Morgan fingerprint density at radius 3 is 1.65 bits per heavy atom. The van der Waals surface area contributed by atoms with Crippen LogP contribution >= 0.6 is 0 Å². The number of benzene rings is 2. The summed E-state index contributed by atoms with van der Waals surface area (Å²) in [6.07, 6.45) is 3.17. The van der Waals surface area contributed by atoms with Gasteiger partial charge in [0, 0.05) is 13.2 Å². The number of hydrogen-bond acceptors (Lipinski definition) is 4. The summed E-state index contributed by atoms with van der Waals surface area (Å²) in [7, 11) is 0.146. The highest BCUT2D eigenvalue weighted by atomic mass is 16.6. The summed E-state index contributed by atoms with van der Waals surface area (Å²) in [5.74, 6) is 1.52. The van der Waals surface area contributed by atoms with Crippen molar-refractivity contribution in [3.8, 4) is 11.5 Å². The Labute approximate surface area is 138 Å². The van der Waals surface area contributed by atoms with Crippen LogP contribution in [0.1, 0.15) is 24.0 Å². The average molecular weight is 314 g/mol. The van der Waals surface area contributed by atoms with E-state index in [1.54, 1.807) is 0 Å². The van der Waals surface area contributed by atoms with Gasteiger partial charge in [-0.05, 0) is 61.1 Å². The average Bonchev–Trinajstić information content (AvgIpc) is 2.59. The third kappa shape index (κ3) is 6.34. The van der Waals surface area contributed by atoms with Crippen LogP contribution in [0.2, 0.25) is 0 Å². The van der Waals surface area contributed by atoms with Gasteiger partial charge in [0.15, 0.2) is 0 Å². The number of hydrogen-bond donors (Lipinski definition) is 2. The van der Waals surface area contributed by atoms with Crippen molar-refractivity contribution in [3.05, 3.63) is 59.7 Å². The first-order chi connectivity index (χ1) is 11.3. The third-order valence-corrected chi connectivity index (χ3v) is 3.50. The molecule has 0 bridgehead atoms. The van der Waals surface area contributed by atoms with Crippen LogP contribution in [0.15, 0.2) is 48.5 Å². The standard InChI is InChI=1S/C18H23BO4/c20-11-3-7-15-5-1-9-17(13-15)22-19-23-18-10-2-6-16(14-18)8-4-12-21/h1-2,5-6,9-10,13-14,19-21H,3-4,7-8,11-12H2. The Balaban J connectivity index is 1.82. The molecule has 0 amide bonds. The highest BCUT2D eigenvalue weighted by Crippen LogP contribution is 2.17. The monoisotopic (exact) mass is 314 g/mol. The first kappa shape index (κ1) is 17.4. The number of rotatable bonds is 10. The van der Waals surface area contributed by atoms with E-state index < -0.39 is 0 Å². The predicted molar refractivity (Wildman–Crippen MR) is 92.1 cm³/mol. The van der Waals surface area contributed by atoms with E-state index in [0.717, 1.165) is 48.3 Å². The molecule has 2 aromatic rings. The Morgan fingerprint density at radius 1 is 0.739 bits per heavy atom. The molecule has 2 N–H and O–H groups in total. The summed E-state index contributed by atoms with van der Waals surface area (Å²) in [5.41, 5.74) is 2.28. The normalized spacial score (nSPS) is 10.3. The van der Waals surface area contributed by atoms with E-state index in [1.165, 1.54) is 0 Å². The second kappa shape index (κ2) is 9.92. The Kier molecular flexibility index (Phi) is 7.50. The molecule has 2 rings (SSSR count). The first-order valence-electron chi connectivity index (χ1n) is 7.97. The minimum absolute atomic E-state index is 0.146. The predicted octanol–water partition coefficient (Wildman–Crippen LogP) is 2.26. The highest BCUT2D eigenvalue weighted by molar-refractivity contribution is 6.20. The van der Waals surface area contributed by atoms with Crippen molar-refractivity contribution in [2.45, 2.75) is 25.7 Å². The fraction of sp³-hybridized carbons (Fsp3) is 0.333. The maximum absolute atomic E-state index is 8.88. The molecular formula is C18H23BO4. The van der Waals surface area contributed by atoms with Crippen LogP contribution in [0.4, 0.5) is 0 Å². The number of aliphatic hydroxyl groups is 2. The largest absolute Gasteiger partial charge is 0.576 e. The molecule has 0 radical (unpaired) electrons. The fourth-order valence-electron chi connectivity index (χ4n) is 2.31. The highest BCUT2D eigenvalue weighted by Gasteiger charge is 2.02. The van der Waals surface area contributed by atoms with Crippen molar-refractivity contribution in [2.75, 3.05) is 13.2 Å². The lowest BCUT2D eigenvalue weighted by Crippen LogP contribution is -2.11. The zero-order chi connectivity index (χ0) is 16.3. The van der Waals surface area contributed by atoms with Crippen molar-refractivity contribution >= 4 is 7.69 Å². The molecule has 0 aliphatic rings. The van der Waals surface area contributed by atoms with Gasteiger partial charge in [-0.1, -0.05) is 24.3 Å². The lowest BCUT2D eigenvalue weighted by molar-refractivity contribution is 0.288. The van der Waals surface area contributed by atoms with Crippen molar-refractivity contribution in [1.82, 2.24) is 0 Å². The molecule has 0 spiro atoms. The van der Waals surface area contributed by atoms with Crippen molar-refractivity contribution in [2.24, 2.45) is 0 Å². The molecule has 23 heavy (non-hydrogen) atoms. The van der Waals surface area contributed by atoms with Gasteiger partial charge < -0.3 is 19.5 Å². The van der Waals surface area contributed by atoms with Gasteiger partial charge in [-0.25, -0.2) is 0 Å². The first-order valence-corrected chi connectivity index (χ1v) is 7.97. The van der Waals surface area contributed by atoms with Gasteiger partial charge in [-0.2, -0.15) is 0 Å². The molecule has 0 saturated heterocycles. The molecule has 0 aliphatic carbocycles. The topological polar surface area (TPSA) is 58.9 Å². The molecule has 4 nitrogen and oxygen atoms in total. The Morgan fingerprint density at radius 2 is 1.22 bits per heavy atom. The van der Waals surface area contributed by atoms with E-state index in [2.05, 4.69) is 0 Å². The molecule has 0 aromatic heterocycles. The molecule has 122 valence electrons. The van der Waals surface area contributed by atoms with Crippen LogP contribution in [0.25, 0.3) is 0 Å². The van der Waals surface area contributed by atoms with Gasteiger partial charge in [-0.3, -0.25) is 0 Å². The van der Waals surface area contributed by atoms with Crippen molar-refractivity contribution < 1.29 is 19.5 Å². The molecule has 5 heteroatoms. The van der Waals surface area contributed by atoms with Gasteiger partial charge in [0.25, 0.3) is 0 Å². The molecule has 0 fully saturated rings. The third-order valence-electron chi connectivity index (χ3n) is 3.50. The number of aryl methyl sites for hydroxylation is 2. The maximum Gasteiger partial charge on any atom is 0.576 e. The van der Waals surface area contributed by atoms with Crippen LogP contribution in [-0.2, 0) is 12.8 Å². The lowest BCUT2D eigenvalue weighted by Gasteiger charge is -2.10. The molecule has 0 saturated carbocycles. The smallest absolute Gasteiger partial charge is 0.529 e. The van der Waals surface area contributed by atoms with Gasteiger partial charge in [0.1, 0.15) is 11.5 Å². The quantitative estimate of drug-likeness (QED) is 0.661. The van der Waals surface area contributed by atoms with Gasteiger partial charge >= 0.3 is 7.69 Å². The summed E-state index contributed by atoms with van der Waals surface area (Å²) in [6.45, 7) is 0.391. The van der Waals surface area contributed by atoms with Crippen molar-refractivity contribution in [1.29, 1.82) is 0 Å². The van der Waals surface area contributed by atoms with Crippen LogP contribution in [-0.4, -0.2) is 31.1 Å². The van der Waals surface area contributed by atoms with Gasteiger partial charge in [0.2, 0.25) is 0 Å². The van der Waals surface area contributed by atoms with E-state index in [9.17, 15) is 0 Å². The molecule has 0 unspecified atom stereocenters. The maximum atomic E-state index is 8.88. The second-order valence-electron chi connectivity index (χ2n) is 5.36. The van der Waals surface area contributed by atoms with E-state index >= 15 is 0 Å². The van der Waals surface area contributed by atoms with E-state index in [0.29, 0.717) is 0 Å². The van der Waals surface area contributed by atoms with Crippen LogP contribution in [0.5, 0.6) is 11.5 Å². The molecule has 0 aliphatic heterocycles. The summed E-state index contributed by atoms with van der Waals surface area (Å²) in [4.78, 5) is 0. The van der Waals surface area contributed by atoms with Crippen LogP contribution in [0, 0.1) is 0 Å². The van der Waals surface area contributed by atoms with Crippen molar-refractivity contribution in [3.63, 3.8) is 0 Å². The minimum atomic E-state index is 0.146. The van der Waals surface area contributed by atoms with E-state index in [1.807, 2.05) is 48.5 Å². The van der Waals surface area contributed by atoms with Gasteiger partial charge in [0.05, 0.1) is 0 Å². The second-order valence-corrected chi connectivity index (χ2v) is 5.36. The number of aliphatic hydroxyl groups excluding tert-OH is 2. The fourth-order valence-corrected chi connectivity index (χ4v) is 2.31. The van der Waals surface area contributed by atoms with Crippen LogP contribution in [0.3, 0.4) is 0 Å². The molecule has 2 aromatic carbocycles. The summed E-state index contributed by atoms with van der Waals surface area (Å²) >= 11 is 0. The molecular weight excluding hydrogens is 291 g/mol. The minimum Gasteiger partial charge on any atom is -0.529 e. The zero-order valence-corrected chi connectivity index (χ0v) is 13.3. The lowest BCUT2D eigenvalue weighted by atomic mass is 10.1. The van der Waals surface area contributed by atoms with E-state index in [-0.39, 0.29) is 20.9 Å². The Bertz CT molecular complexity index is 537. The van der Waals surface area contributed by atoms with E-state index in [4.69, 9.17) is 19.5 Å². The summed E-state index contributed by atoms with van der Waals surface area (Å²) in [6, 6.07) is 15.7. The summed E-state index contributed by atoms with van der Waals surface area (Å²) < 4.78 is 11.3. The molecule has 0 atom stereocenters. The zero-order valence-electron chi connectivity index (χ0n) is 13.3. The van der Waals surface area contributed by atoms with Crippen LogP contribution < -0.4 is 9.31 Å². The van der Waals surface area contributed by atoms with Gasteiger partial charge in [-0.15, -0.1) is 0 Å². The SMILES string of the molecule is OCCCc1cccc(OBOc2cccc(CCCO)c2)c1.